The number of para-hydroxylation sites is 1. The average molecular weight is 906 g/mol. The zero-order chi connectivity index (χ0) is 49.2. The fourth-order valence-electron chi connectivity index (χ4n) is 9.48. The topological polar surface area (TPSA) is 50.9 Å². The van der Waals surface area contributed by atoms with Crippen molar-refractivity contribution in [3.05, 3.63) is 192 Å². The number of benzene rings is 7. The van der Waals surface area contributed by atoms with Gasteiger partial charge in [0.15, 0.2) is 0 Å². The standard InChI is InChI=1S/C65H67N3O/c1-41-20-17-18-23-51(41)44-28-26-42(27-29-44)45-32-33-66-56(37-45)47-34-46(35-49(36-47)63(5,6)7)52-24-19-25-58-59(52)67-61(54-39-50(64(8,9)10)40-55(60(54)69)65(11,12)13)68(58)57-31-30-48(62(2,3)4)38-53(57)43-21-15-14-16-22-43/h14-40,69H,1-13H3. The lowest BCUT2D eigenvalue weighted by atomic mass is 9.79. The number of phenols is 1. The molecule has 0 radical (unpaired) electrons. The first kappa shape index (κ1) is 47.0. The molecule has 348 valence electrons. The van der Waals surface area contributed by atoms with E-state index < -0.39 is 0 Å². The van der Waals surface area contributed by atoms with Crippen LogP contribution in [0.5, 0.6) is 5.75 Å². The van der Waals surface area contributed by atoms with Crippen LogP contribution in [0.25, 0.3) is 83.9 Å². The zero-order valence-corrected chi connectivity index (χ0v) is 42.9. The number of hydrogen-bond acceptors (Lipinski definition) is 3. The molecule has 0 aliphatic carbocycles. The Bertz CT molecular complexity index is 3360. The third kappa shape index (κ3) is 9.30. The van der Waals surface area contributed by atoms with Gasteiger partial charge in [-0.25, -0.2) is 4.98 Å². The maximum atomic E-state index is 12.6. The molecule has 7 aromatic carbocycles. The van der Waals surface area contributed by atoms with Crippen molar-refractivity contribution >= 4 is 11.0 Å². The number of aromatic hydroxyl groups is 1. The maximum absolute atomic E-state index is 12.6. The second-order valence-corrected chi connectivity index (χ2v) is 23.1. The number of fused-ring (bicyclic) bond motifs is 1. The molecule has 4 nitrogen and oxygen atoms in total. The summed E-state index contributed by atoms with van der Waals surface area (Å²) in [4.78, 5) is 10.7. The Morgan fingerprint density at radius 3 is 1.68 bits per heavy atom. The smallest absolute Gasteiger partial charge is 0.149 e. The van der Waals surface area contributed by atoms with Crippen LogP contribution in [0.3, 0.4) is 0 Å². The highest BCUT2D eigenvalue weighted by atomic mass is 16.3. The van der Waals surface area contributed by atoms with Gasteiger partial charge in [-0.1, -0.05) is 192 Å². The summed E-state index contributed by atoms with van der Waals surface area (Å²) in [5, 5.41) is 12.6. The molecule has 4 heteroatoms. The first-order valence-electron chi connectivity index (χ1n) is 24.5. The molecule has 2 aromatic heterocycles. The van der Waals surface area contributed by atoms with E-state index in [0.717, 1.165) is 72.5 Å². The van der Waals surface area contributed by atoms with Crippen molar-refractivity contribution < 1.29 is 5.11 Å². The number of nitrogens with zero attached hydrogens (tertiary/aromatic N) is 3. The van der Waals surface area contributed by atoms with Gasteiger partial charge in [0, 0.05) is 28.5 Å². The van der Waals surface area contributed by atoms with Crippen molar-refractivity contribution in [2.75, 3.05) is 0 Å². The summed E-state index contributed by atoms with van der Waals surface area (Å²) < 4.78 is 2.30. The molecule has 69 heavy (non-hydrogen) atoms. The highest BCUT2D eigenvalue weighted by molar-refractivity contribution is 5.98. The number of aromatic nitrogens is 3. The van der Waals surface area contributed by atoms with Gasteiger partial charge in [-0.05, 0) is 133 Å². The van der Waals surface area contributed by atoms with Crippen LogP contribution in [0.15, 0.2) is 164 Å². The molecule has 0 unspecified atom stereocenters. The number of hydrogen-bond donors (Lipinski definition) is 1. The van der Waals surface area contributed by atoms with Crippen LogP contribution in [0, 0.1) is 6.92 Å². The van der Waals surface area contributed by atoms with E-state index in [1.165, 1.54) is 27.8 Å². The first-order valence-corrected chi connectivity index (χ1v) is 24.5. The summed E-state index contributed by atoms with van der Waals surface area (Å²) in [5.41, 5.74) is 19.5. The number of aryl methyl sites for hydroxylation is 1. The molecule has 1 N–H and O–H groups in total. The number of rotatable bonds is 7. The third-order valence-electron chi connectivity index (χ3n) is 13.7. The van der Waals surface area contributed by atoms with E-state index in [1.54, 1.807) is 0 Å². The van der Waals surface area contributed by atoms with E-state index >= 15 is 0 Å². The Labute approximate surface area is 410 Å². The van der Waals surface area contributed by atoms with Crippen molar-refractivity contribution in [1.29, 1.82) is 0 Å². The molecular formula is C65H67N3O. The lowest BCUT2D eigenvalue weighted by Crippen LogP contribution is -2.17. The highest BCUT2D eigenvalue weighted by Gasteiger charge is 2.30. The highest BCUT2D eigenvalue weighted by Crippen LogP contribution is 2.46. The average Bonchev–Trinajstić information content (AvgIpc) is 3.70. The number of phenolic OH excluding ortho intramolecular Hbond substituents is 1. The molecule has 0 spiro atoms. The lowest BCUT2D eigenvalue weighted by molar-refractivity contribution is 0.446. The van der Waals surface area contributed by atoms with Crippen LogP contribution < -0.4 is 0 Å². The van der Waals surface area contributed by atoms with Crippen molar-refractivity contribution in [3.63, 3.8) is 0 Å². The normalized spacial score (nSPS) is 12.5. The van der Waals surface area contributed by atoms with Gasteiger partial charge in [-0.2, -0.15) is 0 Å². The molecule has 0 fully saturated rings. The monoisotopic (exact) mass is 906 g/mol. The van der Waals surface area contributed by atoms with E-state index in [-0.39, 0.29) is 27.4 Å². The first-order chi connectivity index (χ1) is 32.6. The molecule has 2 heterocycles. The summed E-state index contributed by atoms with van der Waals surface area (Å²) in [5.74, 6) is 0.955. The molecule has 0 aliphatic rings. The molecule has 9 rings (SSSR count). The van der Waals surface area contributed by atoms with Crippen LogP contribution in [0.4, 0.5) is 0 Å². The van der Waals surface area contributed by atoms with Crippen LogP contribution in [-0.4, -0.2) is 19.6 Å². The Kier molecular flexibility index (Phi) is 11.9. The van der Waals surface area contributed by atoms with Crippen LogP contribution >= 0.6 is 0 Å². The van der Waals surface area contributed by atoms with Gasteiger partial charge < -0.3 is 5.11 Å². The van der Waals surface area contributed by atoms with E-state index in [9.17, 15) is 5.11 Å². The lowest BCUT2D eigenvalue weighted by Gasteiger charge is -2.28. The second kappa shape index (κ2) is 17.5. The Hall–Kier alpha value is -7.04. The molecule has 0 aliphatic heterocycles. The fourth-order valence-corrected chi connectivity index (χ4v) is 9.48. The predicted octanol–water partition coefficient (Wildman–Crippen LogP) is 17.6. The predicted molar refractivity (Wildman–Crippen MR) is 293 cm³/mol. The van der Waals surface area contributed by atoms with Crippen molar-refractivity contribution in [3.8, 4) is 78.6 Å². The molecular weight excluding hydrogens is 839 g/mol. The Morgan fingerprint density at radius 1 is 0.420 bits per heavy atom. The van der Waals surface area contributed by atoms with Crippen molar-refractivity contribution in [1.82, 2.24) is 14.5 Å². The molecule has 0 bridgehead atoms. The fraction of sp³-hybridized carbons (Fsp3) is 0.262. The molecule has 0 saturated heterocycles. The molecule has 9 aromatic rings. The summed E-state index contributed by atoms with van der Waals surface area (Å²) in [6.45, 7) is 29.0. The minimum absolute atomic E-state index is 0.0771. The second-order valence-electron chi connectivity index (χ2n) is 23.1. The van der Waals surface area contributed by atoms with Gasteiger partial charge in [0.05, 0.1) is 28.0 Å². The quantitative estimate of drug-likeness (QED) is 0.173. The van der Waals surface area contributed by atoms with E-state index in [2.05, 4.69) is 252 Å². The summed E-state index contributed by atoms with van der Waals surface area (Å²) in [6, 6.07) is 57.0. The van der Waals surface area contributed by atoms with Gasteiger partial charge in [0.1, 0.15) is 11.6 Å². The largest absolute Gasteiger partial charge is 0.507 e. The minimum atomic E-state index is -0.328. The number of imidazole rings is 1. The minimum Gasteiger partial charge on any atom is -0.507 e. The van der Waals surface area contributed by atoms with Gasteiger partial charge in [-0.15, -0.1) is 0 Å². The van der Waals surface area contributed by atoms with Crippen LogP contribution in [-0.2, 0) is 21.7 Å². The molecule has 0 amide bonds. The van der Waals surface area contributed by atoms with Gasteiger partial charge >= 0.3 is 0 Å². The van der Waals surface area contributed by atoms with Gasteiger partial charge in [-0.3, -0.25) is 9.55 Å². The summed E-state index contributed by atoms with van der Waals surface area (Å²) >= 11 is 0. The van der Waals surface area contributed by atoms with Crippen molar-refractivity contribution in [2.24, 2.45) is 0 Å². The van der Waals surface area contributed by atoms with E-state index in [4.69, 9.17) is 9.97 Å². The zero-order valence-electron chi connectivity index (χ0n) is 42.9. The van der Waals surface area contributed by atoms with E-state index in [0.29, 0.717) is 11.4 Å². The Balaban J connectivity index is 1.29. The van der Waals surface area contributed by atoms with Crippen molar-refractivity contribution in [2.45, 2.75) is 112 Å². The molecule has 0 atom stereocenters. The van der Waals surface area contributed by atoms with Gasteiger partial charge in [0.2, 0.25) is 0 Å². The van der Waals surface area contributed by atoms with Gasteiger partial charge in [0.25, 0.3) is 0 Å². The molecule has 0 saturated carbocycles. The Morgan fingerprint density at radius 2 is 1.01 bits per heavy atom. The number of pyridine rings is 1. The summed E-state index contributed by atoms with van der Waals surface area (Å²) in [7, 11) is 0. The third-order valence-corrected chi connectivity index (χ3v) is 13.7. The van der Waals surface area contributed by atoms with Crippen LogP contribution in [0.1, 0.15) is 111 Å². The maximum Gasteiger partial charge on any atom is 0.149 e. The van der Waals surface area contributed by atoms with Crippen LogP contribution in [0.2, 0.25) is 0 Å². The summed E-state index contributed by atoms with van der Waals surface area (Å²) in [6.07, 6.45) is 1.93. The SMILES string of the molecule is Cc1ccccc1-c1ccc(-c2ccnc(-c3cc(-c4cccc5c4nc(-c4cc(C(C)(C)C)cc(C(C)(C)C)c4O)n5-c4ccc(C(C)(C)C)cc4-c4ccccc4)cc(C(C)(C)C)c3)c2)cc1. The van der Waals surface area contributed by atoms with E-state index in [1.807, 2.05) is 6.20 Å².